The van der Waals surface area contributed by atoms with Gasteiger partial charge in [0.2, 0.25) is 0 Å². The van der Waals surface area contributed by atoms with Gasteiger partial charge in [-0.15, -0.1) is 0 Å². The van der Waals surface area contributed by atoms with Crippen LogP contribution in [0.5, 0.6) is 5.75 Å². The van der Waals surface area contributed by atoms with Gasteiger partial charge in [0.1, 0.15) is 5.75 Å². The molecule has 0 amide bonds. The highest BCUT2D eigenvalue weighted by molar-refractivity contribution is 5.36. The van der Waals surface area contributed by atoms with E-state index in [1.165, 1.54) is 67.4 Å². The Hall–Kier alpha value is -1.84. The molecule has 2 aromatic rings. The van der Waals surface area contributed by atoms with Gasteiger partial charge in [-0.05, 0) is 93.4 Å². The van der Waals surface area contributed by atoms with E-state index in [1.807, 2.05) is 0 Å². The smallest absolute Gasteiger partial charge is 0.119 e. The molecule has 4 rings (SSSR count). The molecular formula is C25H34N2O. The molecule has 2 aromatic carbocycles. The first-order chi connectivity index (χ1) is 13.8. The number of piperidine rings is 1. The third kappa shape index (κ3) is 5.36. The molecule has 2 aliphatic heterocycles. The molecule has 0 aromatic heterocycles. The van der Waals surface area contributed by atoms with E-state index < -0.39 is 0 Å². The van der Waals surface area contributed by atoms with E-state index in [-0.39, 0.29) is 0 Å². The Bertz CT molecular complexity index is 767. The molecule has 3 heteroatoms. The molecule has 0 bridgehead atoms. The molecule has 3 nitrogen and oxygen atoms in total. The number of ether oxygens (including phenoxy) is 1. The van der Waals surface area contributed by atoms with Crippen molar-refractivity contribution in [3.63, 3.8) is 0 Å². The van der Waals surface area contributed by atoms with Crippen molar-refractivity contribution in [1.29, 1.82) is 0 Å². The van der Waals surface area contributed by atoms with E-state index in [0.29, 0.717) is 0 Å². The second kappa shape index (κ2) is 9.58. The number of fused-ring (bicyclic) bond motifs is 1. The van der Waals surface area contributed by atoms with Crippen molar-refractivity contribution in [2.24, 2.45) is 5.92 Å². The van der Waals surface area contributed by atoms with Crippen molar-refractivity contribution < 1.29 is 4.74 Å². The summed E-state index contributed by atoms with van der Waals surface area (Å²) in [4.78, 5) is 2.58. The minimum absolute atomic E-state index is 0.826. The van der Waals surface area contributed by atoms with Crippen LogP contribution in [0.15, 0.2) is 42.5 Å². The number of nitrogens with one attached hydrogen (secondary N) is 1. The van der Waals surface area contributed by atoms with Gasteiger partial charge in [-0.25, -0.2) is 0 Å². The third-order valence-electron chi connectivity index (χ3n) is 6.23. The molecule has 1 saturated heterocycles. The largest absolute Gasteiger partial charge is 0.494 e. The van der Waals surface area contributed by atoms with Gasteiger partial charge in [-0.3, -0.25) is 4.90 Å². The lowest BCUT2D eigenvalue weighted by molar-refractivity contribution is 0.249. The van der Waals surface area contributed by atoms with Crippen LogP contribution in [-0.2, 0) is 19.5 Å². The van der Waals surface area contributed by atoms with E-state index in [0.717, 1.165) is 37.9 Å². The molecule has 1 fully saturated rings. The summed E-state index contributed by atoms with van der Waals surface area (Å²) < 4.78 is 6.15. The summed E-state index contributed by atoms with van der Waals surface area (Å²) in [5, 5.41) is 3.44. The van der Waals surface area contributed by atoms with Crippen molar-refractivity contribution in [3.8, 4) is 5.75 Å². The van der Waals surface area contributed by atoms with Crippen LogP contribution < -0.4 is 10.1 Å². The monoisotopic (exact) mass is 378 g/mol. The first kappa shape index (κ1) is 19.5. The highest BCUT2D eigenvalue weighted by Crippen LogP contribution is 2.25. The summed E-state index contributed by atoms with van der Waals surface area (Å²) in [5.74, 6) is 1.87. The molecule has 2 heterocycles. The standard InChI is InChI=1S/C25H34N2O/c1-20-4-2-5-22(16-20)18-27-14-3-6-23-7-8-25(17-24(23)19-27)28-15-11-21-9-12-26-13-10-21/h2,4-5,7-8,16-17,21,26H,3,6,9-15,18-19H2,1H3. The van der Waals surface area contributed by atoms with Gasteiger partial charge < -0.3 is 10.1 Å². The number of rotatable bonds is 6. The van der Waals surface area contributed by atoms with Gasteiger partial charge in [0.15, 0.2) is 0 Å². The number of aryl methyl sites for hydroxylation is 2. The molecule has 1 N–H and O–H groups in total. The lowest BCUT2D eigenvalue weighted by Crippen LogP contribution is -2.28. The molecule has 0 atom stereocenters. The van der Waals surface area contributed by atoms with Crippen LogP contribution in [0, 0.1) is 12.8 Å². The molecule has 150 valence electrons. The predicted octanol–water partition coefficient (Wildman–Crippen LogP) is 4.71. The van der Waals surface area contributed by atoms with Crippen molar-refractivity contribution >= 4 is 0 Å². The SMILES string of the molecule is Cc1cccc(CN2CCCc3ccc(OCCC4CCNCC4)cc3C2)c1. The first-order valence-electron chi connectivity index (χ1n) is 11.0. The Labute approximate surface area is 170 Å². The quantitative estimate of drug-likeness (QED) is 0.788. The van der Waals surface area contributed by atoms with Gasteiger partial charge >= 0.3 is 0 Å². The minimum atomic E-state index is 0.826. The predicted molar refractivity (Wildman–Crippen MR) is 116 cm³/mol. The Balaban J connectivity index is 1.36. The molecule has 0 aliphatic carbocycles. The number of hydrogen-bond acceptors (Lipinski definition) is 3. The van der Waals surface area contributed by atoms with E-state index in [9.17, 15) is 0 Å². The zero-order chi connectivity index (χ0) is 19.2. The summed E-state index contributed by atoms with van der Waals surface area (Å²) in [5.41, 5.74) is 5.71. The molecule has 0 radical (unpaired) electrons. The zero-order valence-corrected chi connectivity index (χ0v) is 17.3. The fraction of sp³-hybridized carbons (Fsp3) is 0.520. The Kier molecular flexibility index (Phi) is 6.66. The summed E-state index contributed by atoms with van der Waals surface area (Å²) in [6, 6.07) is 15.7. The summed E-state index contributed by atoms with van der Waals surface area (Å²) >= 11 is 0. The van der Waals surface area contributed by atoms with Crippen LogP contribution in [0.2, 0.25) is 0 Å². The topological polar surface area (TPSA) is 24.5 Å². The van der Waals surface area contributed by atoms with E-state index in [1.54, 1.807) is 0 Å². The van der Waals surface area contributed by atoms with E-state index in [4.69, 9.17) is 4.74 Å². The normalized spacial score (nSPS) is 18.5. The summed E-state index contributed by atoms with van der Waals surface area (Å²) in [6.07, 6.45) is 6.17. The van der Waals surface area contributed by atoms with Crippen LogP contribution >= 0.6 is 0 Å². The lowest BCUT2D eigenvalue weighted by Gasteiger charge is -2.23. The van der Waals surface area contributed by atoms with Crippen molar-refractivity contribution in [3.05, 3.63) is 64.7 Å². The van der Waals surface area contributed by atoms with E-state index >= 15 is 0 Å². The maximum atomic E-state index is 6.15. The Morgan fingerprint density at radius 2 is 1.96 bits per heavy atom. The van der Waals surface area contributed by atoms with Gasteiger partial charge in [-0.2, -0.15) is 0 Å². The average molecular weight is 379 g/mol. The van der Waals surface area contributed by atoms with Crippen molar-refractivity contribution in [2.45, 2.75) is 52.1 Å². The Morgan fingerprint density at radius 1 is 1.07 bits per heavy atom. The number of benzene rings is 2. The fourth-order valence-corrected chi connectivity index (χ4v) is 4.61. The highest BCUT2D eigenvalue weighted by atomic mass is 16.5. The second-order valence-electron chi connectivity index (χ2n) is 8.56. The maximum Gasteiger partial charge on any atom is 0.119 e. The first-order valence-corrected chi connectivity index (χ1v) is 11.0. The zero-order valence-electron chi connectivity index (χ0n) is 17.3. The van der Waals surface area contributed by atoms with E-state index in [2.05, 4.69) is 59.6 Å². The van der Waals surface area contributed by atoms with Crippen molar-refractivity contribution in [1.82, 2.24) is 10.2 Å². The van der Waals surface area contributed by atoms with Gasteiger partial charge in [0.05, 0.1) is 6.61 Å². The van der Waals surface area contributed by atoms with Crippen LogP contribution in [0.1, 0.15) is 47.9 Å². The van der Waals surface area contributed by atoms with Gasteiger partial charge in [-0.1, -0.05) is 35.9 Å². The maximum absolute atomic E-state index is 6.15. The van der Waals surface area contributed by atoms with Crippen LogP contribution in [-0.4, -0.2) is 31.1 Å². The number of nitrogens with zero attached hydrogens (tertiary/aromatic N) is 1. The van der Waals surface area contributed by atoms with Crippen LogP contribution in [0.4, 0.5) is 0 Å². The van der Waals surface area contributed by atoms with Gasteiger partial charge in [0, 0.05) is 13.1 Å². The second-order valence-corrected chi connectivity index (χ2v) is 8.56. The fourth-order valence-electron chi connectivity index (χ4n) is 4.61. The highest BCUT2D eigenvalue weighted by Gasteiger charge is 2.16. The average Bonchev–Trinajstić information content (AvgIpc) is 2.90. The van der Waals surface area contributed by atoms with Crippen LogP contribution in [0.25, 0.3) is 0 Å². The summed E-state index contributed by atoms with van der Waals surface area (Å²) in [6.45, 7) is 8.57. The molecule has 0 unspecified atom stereocenters. The lowest BCUT2D eigenvalue weighted by atomic mass is 9.95. The summed E-state index contributed by atoms with van der Waals surface area (Å²) in [7, 11) is 0. The molecular weight excluding hydrogens is 344 g/mol. The Morgan fingerprint density at radius 3 is 2.82 bits per heavy atom. The third-order valence-corrected chi connectivity index (χ3v) is 6.23. The van der Waals surface area contributed by atoms with Crippen LogP contribution in [0.3, 0.4) is 0 Å². The van der Waals surface area contributed by atoms with Gasteiger partial charge in [0.25, 0.3) is 0 Å². The molecule has 0 spiro atoms. The molecule has 0 saturated carbocycles. The molecule has 2 aliphatic rings. The number of hydrogen-bond donors (Lipinski definition) is 1. The minimum Gasteiger partial charge on any atom is -0.494 e. The molecule has 28 heavy (non-hydrogen) atoms. The van der Waals surface area contributed by atoms with Crippen molar-refractivity contribution in [2.75, 3.05) is 26.2 Å².